The van der Waals surface area contributed by atoms with Crippen molar-refractivity contribution < 1.29 is 8.83 Å². The van der Waals surface area contributed by atoms with E-state index in [1.807, 2.05) is 0 Å². The van der Waals surface area contributed by atoms with Crippen LogP contribution in [0.2, 0.25) is 0 Å². The monoisotopic (exact) mass is 1550 g/mol. The summed E-state index contributed by atoms with van der Waals surface area (Å²) in [5.41, 5.74) is 26.7. The molecule has 6 heterocycles. The molecule has 0 N–H and O–H groups in total. The summed E-state index contributed by atoms with van der Waals surface area (Å²) in [6.07, 6.45) is 0. The maximum absolute atomic E-state index is 6.80. The number of benzene rings is 21. The Morgan fingerprint density at radius 3 is 0.893 bits per heavy atom. The van der Waals surface area contributed by atoms with Gasteiger partial charge in [-0.05, 0) is 220 Å². The third-order valence-corrected chi connectivity index (χ3v) is 26.0. The predicted molar refractivity (Wildman–Crippen MR) is 514 cm³/mol. The summed E-state index contributed by atoms with van der Waals surface area (Å²) in [7, 11) is 0. The van der Waals surface area contributed by atoms with Crippen LogP contribution < -0.4 is 0 Å². The maximum atomic E-state index is 6.80. The topological polar surface area (TPSA) is 46.0 Å². The molecular formula is C116H70N4O2. The smallest absolute Gasteiger partial charge is 0.160 e. The van der Waals surface area contributed by atoms with Crippen LogP contribution in [0.1, 0.15) is 0 Å². The first kappa shape index (κ1) is 67.8. The largest absolute Gasteiger partial charge is 0.454 e. The minimum Gasteiger partial charge on any atom is -0.454 e. The van der Waals surface area contributed by atoms with E-state index < -0.39 is 0 Å². The minimum absolute atomic E-state index is 0.888. The summed E-state index contributed by atoms with van der Waals surface area (Å²) in [5, 5.41) is 27.1. The van der Waals surface area contributed by atoms with Crippen molar-refractivity contribution in [2.75, 3.05) is 0 Å². The molecule has 27 aromatic rings. The van der Waals surface area contributed by atoms with Crippen LogP contribution in [0.3, 0.4) is 0 Å². The number of rotatable bonds is 8. The molecule has 0 saturated heterocycles. The zero-order valence-corrected chi connectivity index (χ0v) is 66.0. The molecule has 0 spiro atoms. The molecule has 0 unspecified atom stereocenters. The Hall–Kier alpha value is -16.3. The number of fused-ring (bicyclic) bond motifs is 27. The molecule has 0 radical (unpaired) electrons. The highest BCUT2D eigenvalue weighted by Crippen LogP contribution is 2.49. The van der Waals surface area contributed by atoms with Gasteiger partial charge in [0.25, 0.3) is 0 Å². The van der Waals surface area contributed by atoms with E-state index in [1.54, 1.807) is 0 Å². The quantitative estimate of drug-likeness (QED) is 0.142. The fourth-order valence-electron chi connectivity index (χ4n) is 20.6. The van der Waals surface area contributed by atoms with E-state index in [1.165, 1.54) is 164 Å². The van der Waals surface area contributed by atoms with Crippen molar-refractivity contribution in [1.82, 2.24) is 18.3 Å². The molecular weight excluding hydrogens is 1480 g/mol. The van der Waals surface area contributed by atoms with Crippen LogP contribution in [0.4, 0.5) is 0 Å². The molecule has 0 fully saturated rings. The molecule has 0 aliphatic carbocycles. The van der Waals surface area contributed by atoms with E-state index in [9.17, 15) is 0 Å². The van der Waals surface area contributed by atoms with Gasteiger partial charge >= 0.3 is 0 Å². The Balaban J connectivity index is 0.000000131. The van der Waals surface area contributed by atoms with Gasteiger partial charge in [-0.2, -0.15) is 0 Å². The van der Waals surface area contributed by atoms with Crippen molar-refractivity contribution in [2.45, 2.75) is 0 Å². The molecule has 0 aliphatic heterocycles. The molecule has 0 bridgehead atoms. The molecule has 566 valence electrons. The van der Waals surface area contributed by atoms with Gasteiger partial charge in [-0.15, -0.1) is 0 Å². The van der Waals surface area contributed by atoms with Gasteiger partial charge in [-0.1, -0.05) is 303 Å². The van der Waals surface area contributed by atoms with Crippen LogP contribution in [0.5, 0.6) is 0 Å². The number of furan rings is 2. The lowest BCUT2D eigenvalue weighted by atomic mass is 9.94. The van der Waals surface area contributed by atoms with Crippen molar-refractivity contribution in [2.24, 2.45) is 0 Å². The van der Waals surface area contributed by atoms with Gasteiger partial charge in [0, 0.05) is 76.0 Å². The van der Waals surface area contributed by atoms with Crippen LogP contribution in [-0.2, 0) is 0 Å². The van der Waals surface area contributed by atoms with E-state index in [4.69, 9.17) is 8.83 Å². The SMILES string of the molecule is c1ccc(-c2ccc(-n3c4ccccc4c4cc(-c5ccc6c(c5)c5ccccc5n6-c5ccc6c(ccc7ccccc76)c5)ccc43)c3oc4ccccc4c23)cc1.c1ccc(-c2ccc(-n3c4ccccc4c4cc(-c5ccc6c(c5)c5ccccc5n6-c5ccc6c7ccccc7c7ccccc7c6c5)ccc43)c3oc4ccccc4c23)cc1. The fourth-order valence-corrected chi connectivity index (χ4v) is 20.6. The molecule has 6 heteroatoms. The van der Waals surface area contributed by atoms with Gasteiger partial charge in [-0.3, -0.25) is 0 Å². The van der Waals surface area contributed by atoms with Crippen LogP contribution in [-0.4, -0.2) is 18.3 Å². The first-order valence-corrected chi connectivity index (χ1v) is 41.9. The standard InChI is InChI=1S/C60H36N2O.C56H34N2O/c1-2-14-37(15-3-1)41-30-33-57(60-59(41)49-22-10-13-25-58(49)63-60)62-54-24-12-9-21-48(54)52-35-39(27-32-56(52)62)38-26-31-55-51(34-38)47-20-8-11-23-53(47)61(55)40-28-29-46-44-18-5-4-16-42(44)43-17-6-7-19-45(43)50(46)36-40;1-2-12-35(13-3-1)43-28-31-53(56-55(43)46-18-8-11-21-54(46)59-56)58-50-20-10-7-17-45(50)48-34-38(25-30-52(48)58)37-24-29-51-47(33-37)44-16-6-9-19-49(44)57(51)40-26-27-42-39(32-40)23-22-36-14-4-5-15-41(36)42/h1-36H;1-34H. The summed E-state index contributed by atoms with van der Waals surface area (Å²) >= 11 is 0. The molecule has 0 saturated carbocycles. The second kappa shape index (κ2) is 26.6. The summed E-state index contributed by atoms with van der Waals surface area (Å²) in [6, 6.07) is 155. The molecule has 0 atom stereocenters. The second-order valence-electron chi connectivity index (χ2n) is 32.5. The summed E-state index contributed by atoms with van der Waals surface area (Å²) in [4.78, 5) is 0. The highest BCUT2D eigenvalue weighted by molar-refractivity contribution is 6.27. The lowest BCUT2D eigenvalue weighted by molar-refractivity contribution is 0.666. The third kappa shape index (κ3) is 10.2. The first-order chi connectivity index (χ1) is 60.5. The van der Waals surface area contributed by atoms with Gasteiger partial charge < -0.3 is 27.1 Å². The number of hydrogen-bond acceptors (Lipinski definition) is 2. The molecule has 0 aliphatic rings. The Bertz CT molecular complexity index is 9060. The molecule has 6 nitrogen and oxygen atoms in total. The summed E-state index contributed by atoms with van der Waals surface area (Å²) < 4.78 is 23.2. The third-order valence-electron chi connectivity index (χ3n) is 26.0. The van der Waals surface area contributed by atoms with Crippen molar-refractivity contribution in [1.29, 1.82) is 0 Å². The zero-order valence-electron chi connectivity index (χ0n) is 66.0. The average Bonchev–Trinajstić information content (AvgIpc) is 1.36. The Kier molecular flexibility index (Phi) is 14.8. The average molecular weight is 1550 g/mol. The molecule has 21 aromatic carbocycles. The lowest BCUT2D eigenvalue weighted by Gasteiger charge is -2.14. The predicted octanol–water partition coefficient (Wildman–Crippen LogP) is 32.0. The van der Waals surface area contributed by atoms with E-state index >= 15 is 0 Å². The molecule has 6 aromatic heterocycles. The van der Waals surface area contributed by atoms with Gasteiger partial charge in [-0.25, -0.2) is 0 Å². The summed E-state index contributed by atoms with van der Waals surface area (Å²) in [5.74, 6) is 0. The Morgan fingerprint density at radius 2 is 0.459 bits per heavy atom. The lowest BCUT2D eigenvalue weighted by Crippen LogP contribution is -1.95. The van der Waals surface area contributed by atoms with E-state index in [2.05, 4.69) is 443 Å². The van der Waals surface area contributed by atoms with Crippen LogP contribution >= 0.6 is 0 Å². The number of hydrogen-bond donors (Lipinski definition) is 0. The fraction of sp³-hybridized carbons (Fsp3) is 0. The van der Waals surface area contributed by atoms with Gasteiger partial charge in [0.1, 0.15) is 11.2 Å². The Morgan fingerprint density at radius 1 is 0.156 bits per heavy atom. The van der Waals surface area contributed by atoms with Crippen molar-refractivity contribution >= 4 is 185 Å². The second-order valence-corrected chi connectivity index (χ2v) is 32.5. The van der Waals surface area contributed by atoms with Crippen molar-refractivity contribution in [3.63, 3.8) is 0 Å². The van der Waals surface area contributed by atoms with E-state index in [0.29, 0.717) is 0 Å². The van der Waals surface area contributed by atoms with Crippen LogP contribution in [0, 0.1) is 0 Å². The van der Waals surface area contributed by atoms with Gasteiger partial charge in [0.05, 0.1) is 55.5 Å². The highest BCUT2D eigenvalue weighted by Gasteiger charge is 2.26. The number of aromatic nitrogens is 4. The van der Waals surface area contributed by atoms with Crippen LogP contribution in [0.25, 0.3) is 252 Å². The number of para-hydroxylation sites is 6. The van der Waals surface area contributed by atoms with Crippen LogP contribution in [0.15, 0.2) is 433 Å². The highest BCUT2D eigenvalue weighted by atomic mass is 16.3. The van der Waals surface area contributed by atoms with Gasteiger partial charge in [0.15, 0.2) is 11.2 Å². The molecule has 122 heavy (non-hydrogen) atoms. The van der Waals surface area contributed by atoms with Gasteiger partial charge in [0.2, 0.25) is 0 Å². The first-order valence-electron chi connectivity index (χ1n) is 41.9. The maximum Gasteiger partial charge on any atom is 0.160 e. The minimum atomic E-state index is 0.888. The zero-order chi connectivity index (χ0) is 79.8. The summed E-state index contributed by atoms with van der Waals surface area (Å²) in [6.45, 7) is 0. The molecule has 27 rings (SSSR count). The normalized spacial score (nSPS) is 12.1. The Labute approximate surface area is 699 Å². The van der Waals surface area contributed by atoms with E-state index in [0.717, 1.165) is 88.7 Å². The van der Waals surface area contributed by atoms with Crippen molar-refractivity contribution in [3.05, 3.63) is 425 Å². The number of nitrogens with zero attached hydrogens (tertiary/aromatic N) is 4. The van der Waals surface area contributed by atoms with E-state index in [-0.39, 0.29) is 0 Å². The molecule has 0 amide bonds. The van der Waals surface area contributed by atoms with Crippen molar-refractivity contribution in [3.8, 4) is 67.3 Å².